The van der Waals surface area contributed by atoms with Crippen molar-refractivity contribution in [2.45, 2.75) is 25.9 Å². The Morgan fingerprint density at radius 1 is 1.37 bits per heavy atom. The van der Waals surface area contributed by atoms with Gasteiger partial charge in [0.2, 0.25) is 0 Å². The Morgan fingerprint density at radius 3 is 2.74 bits per heavy atom. The average Bonchev–Trinajstić information content (AvgIpc) is 2.86. The maximum atomic E-state index is 5.80. The highest BCUT2D eigenvalue weighted by atomic mass is 35.5. The number of hydrogen-bond acceptors (Lipinski definition) is 4. The lowest BCUT2D eigenvalue weighted by atomic mass is 10.3. The zero-order valence-corrected chi connectivity index (χ0v) is 11.5. The van der Waals surface area contributed by atoms with E-state index >= 15 is 0 Å². The molecule has 2 aromatic rings. The summed E-state index contributed by atoms with van der Waals surface area (Å²) >= 11 is 5.80. The molecule has 0 amide bonds. The molecule has 19 heavy (non-hydrogen) atoms. The Bertz CT molecular complexity index is 510. The van der Waals surface area contributed by atoms with E-state index in [0.717, 1.165) is 24.4 Å². The van der Waals surface area contributed by atoms with Gasteiger partial charge in [-0.25, -0.2) is 0 Å². The monoisotopic (exact) mass is 280 g/mol. The standard InChI is InChI=1S/C13H17ClN4O/c1-10(15)13-9-18(17-16-13)7-2-8-19-12-5-3-11(14)4-6-12/h3-6,9-10H,2,7-8,15H2,1H3. The molecule has 1 heterocycles. The molecular weight excluding hydrogens is 264 g/mol. The van der Waals surface area contributed by atoms with E-state index in [4.69, 9.17) is 22.1 Å². The highest BCUT2D eigenvalue weighted by Crippen LogP contribution is 2.15. The fourth-order valence-corrected chi connectivity index (χ4v) is 1.70. The smallest absolute Gasteiger partial charge is 0.119 e. The van der Waals surface area contributed by atoms with Gasteiger partial charge in [-0.05, 0) is 31.2 Å². The second-order valence-electron chi connectivity index (χ2n) is 4.35. The van der Waals surface area contributed by atoms with Gasteiger partial charge in [0, 0.05) is 24.0 Å². The molecule has 6 heteroatoms. The molecule has 0 radical (unpaired) electrons. The van der Waals surface area contributed by atoms with Crippen LogP contribution >= 0.6 is 11.6 Å². The van der Waals surface area contributed by atoms with E-state index in [2.05, 4.69) is 10.3 Å². The van der Waals surface area contributed by atoms with Crippen LogP contribution in [0.15, 0.2) is 30.5 Å². The molecule has 0 bridgehead atoms. The van der Waals surface area contributed by atoms with Crippen molar-refractivity contribution in [3.8, 4) is 5.75 Å². The lowest BCUT2D eigenvalue weighted by Crippen LogP contribution is -2.06. The van der Waals surface area contributed by atoms with Crippen LogP contribution in [0.25, 0.3) is 0 Å². The summed E-state index contributed by atoms with van der Waals surface area (Å²) in [5.74, 6) is 0.819. The number of ether oxygens (including phenoxy) is 1. The van der Waals surface area contributed by atoms with Crippen LogP contribution in [0.3, 0.4) is 0 Å². The van der Waals surface area contributed by atoms with Crippen LogP contribution in [0.5, 0.6) is 5.75 Å². The summed E-state index contributed by atoms with van der Waals surface area (Å²) in [5.41, 5.74) is 6.52. The number of aromatic nitrogens is 3. The SMILES string of the molecule is CC(N)c1cn(CCCOc2ccc(Cl)cc2)nn1. The molecule has 0 saturated carbocycles. The molecule has 0 aliphatic heterocycles. The summed E-state index contributed by atoms with van der Waals surface area (Å²) in [6.07, 6.45) is 2.72. The molecule has 1 aromatic carbocycles. The second-order valence-corrected chi connectivity index (χ2v) is 4.79. The molecule has 2 rings (SSSR count). The van der Waals surface area contributed by atoms with Crippen molar-refractivity contribution in [3.63, 3.8) is 0 Å². The first kappa shape index (κ1) is 13.8. The van der Waals surface area contributed by atoms with Crippen LogP contribution in [-0.2, 0) is 6.54 Å². The van der Waals surface area contributed by atoms with Crippen LogP contribution < -0.4 is 10.5 Å². The van der Waals surface area contributed by atoms with E-state index in [9.17, 15) is 0 Å². The molecular formula is C13H17ClN4O. The Labute approximate surface area is 117 Å². The number of benzene rings is 1. The van der Waals surface area contributed by atoms with E-state index in [1.807, 2.05) is 37.4 Å². The van der Waals surface area contributed by atoms with Gasteiger partial charge in [0.05, 0.1) is 18.5 Å². The first-order chi connectivity index (χ1) is 9.15. The molecule has 0 saturated heterocycles. The van der Waals surface area contributed by atoms with Gasteiger partial charge in [0.25, 0.3) is 0 Å². The minimum absolute atomic E-state index is 0.0842. The van der Waals surface area contributed by atoms with Gasteiger partial charge in [-0.2, -0.15) is 0 Å². The van der Waals surface area contributed by atoms with Gasteiger partial charge in [-0.15, -0.1) is 5.10 Å². The number of aryl methyl sites for hydroxylation is 1. The maximum Gasteiger partial charge on any atom is 0.119 e. The highest BCUT2D eigenvalue weighted by Gasteiger charge is 2.04. The van der Waals surface area contributed by atoms with Gasteiger partial charge in [-0.1, -0.05) is 16.8 Å². The minimum Gasteiger partial charge on any atom is -0.494 e. The minimum atomic E-state index is -0.0842. The molecule has 1 atom stereocenters. The molecule has 5 nitrogen and oxygen atoms in total. The number of rotatable bonds is 6. The number of nitrogens with zero attached hydrogens (tertiary/aromatic N) is 3. The fourth-order valence-electron chi connectivity index (χ4n) is 1.58. The topological polar surface area (TPSA) is 66.0 Å². The van der Waals surface area contributed by atoms with Crippen LogP contribution in [0, 0.1) is 0 Å². The van der Waals surface area contributed by atoms with Crippen molar-refractivity contribution < 1.29 is 4.74 Å². The number of hydrogen-bond donors (Lipinski definition) is 1. The predicted octanol–water partition coefficient (Wildman–Crippen LogP) is 2.42. The zero-order valence-electron chi connectivity index (χ0n) is 10.8. The lowest BCUT2D eigenvalue weighted by molar-refractivity contribution is 0.298. The number of halogens is 1. The van der Waals surface area contributed by atoms with Gasteiger partial charge >= 0.3 is 0 Å². The Hall–Kier alpha value is -1.59. The summed E-state index contributed by atoms with van der Waals surface area (Å²) in [6.45, 7) is 3.26. The van der Waals surface area contributed by atoms with E-state index in [0.29, 0.717) is 11.6 Å². The molecule has 0 aliphatic carbocycles. The Kier molecular flexibility index (Phi) is 4.76. The Morgan fingerprint density at radius 2 is 2.11 bits per heavy atom. The lowest BCUT2D eigenvalue weighted by Gasteiger charge is -2.05. The zero-order chi connectivity index (χ0) is 13.7. The first-order valence-corrected chi connectivity index (χ1v) is 6.57. The highest BCUT2D eigenvalue weighted by molar-refractivity contribution is 6.30. The van der Waals surface area contributed by atoms with Crippen molar-refractivity contribution in [3.05, 3.63) is 41.2 Å². The average molecular weight is 281 g/mol. The van der Waals surface area contributed by atoms with Crippen molar-refractivity contribution in [2.75, 3.05) is 6.61 Å². The quantitative estimate of drug-likeness (QED) is 0.825. The van der Waals surface area contributed by atoms with Gasteiger partial charge in [0.15, 0.2) is 0 Å². The van der Waals surface area contributed by atoms with Crippen LogP contribution in [0.2, 0.25) is 5.02 Å². The van der Waals surface area contributed by atoms with Crippen molar-refractivity contribution in [1.29, 1.82) is 0 Å². The number of nitrogens with two attached hydrogens (primary N) is 1. The third kappa shape index (κ3) is 4.22. The molecule has 0 spiro atoms. The van der Waals surface area contributed by atoms with E-state index in [-0.39, 0.29) is 6.04 Å². The van der Waals surface area contributed by atoms with Crippen LogP contribution in [0.4, 0.5) is 0 Å². The first-order valence-electron chi connectivity index (χ1n) is 6.19. The third-order valence-electron chi connectivity index (χ3n) is 2.64. The van der Waals surface area contributed by atoms with Gasteiger partial charge in [0.1, 0.15) is 5.75 Å². The summed E-state index contributed by atoms with van der Waals surface area (Å²) in [7, 11) is 0. The molecule has 0 aliphatic rings. The maximum absolute atomic E-state index is 5.80. The largest absolute Gasteiger partial charge is 0.494 e. The van der Waals surface area contributed by atoms with E-state index in [1.165, 1.54) is 0 Å². The molecule has 0 fully saturated rings. The normalized spacial score (nSPS) is 12.4. The van der Waals surface area contributed by atoms with Crippen molar-refractivity contribution in [2.24, 2.45) is 5.73 Å². The molecule has 1 unspecified atom stereocenters. The summed E-state index contributed by atoms with van der Waals surface area (Å²) in [6, 6.07) is 7.24. The Balaban J connectivity index is 1.72. The van der Waals surface area contributed by atoms with Crippen molar-refractivity contribution >= 4 is 11.6 Å². The van der Waals surface area contributed by atoms with E-state index in [1.54, 1.807) is 4.68 Å². The van der Waals surface area contributed by atoms with Gasteiger partial charge < -0.3 is 10.5 Å². The van der Waals surface area contributed by atoms with Gasteiger partial charge in [-0.3, -0.25) is 4.68 Å². The fraction of sp³-hybridized carbons (Fsp3) is 0.385. The molecule has 2 N–H and O–H groups in total. The predicted molar refractivity (Wildman–Crippen MR) is 74.2 cm³/mol. The summed E-state index contributed by atoms with van der Waals surface area (Å²) in [4.78, 5) is 0. The summed E-state index contributed by atoms with van der Waals surface area (Å²) < 4.78 is 7.37. The van der Waals surface area contributed by atoms with Crippen molar-refractivity contribution in [1.82, 2.24) is 15.0 Å². The third-order valence-corrected chi connectivity index (χ3v) is 2.89. The second kappa shape index (κ2) is 6.54. The molecule has 102 valence electrons. The van der Waals surface area contributed by atoms with Crippen LogP contribution in [0.1, 0.15) is 25.1 Å². The summed E-state index contributed by atoms with van der Waals surface area (Å²) in [5, 5.41) is 8.71. The molecule has 1 aromatic heterocycles. The van der Waals surface area contributed by atoms with E-state index < -0.39 is 0 Å². The van der Waals surface area contributed by atoms with Crippen LogP contribution in [-0.4, -0.2) is 21.6 Å².